The molecule has 0 spiro atoms. The molecule has 2 unspecified atom stereocenters. The number of hydrogen-bond acceptors (Lipinski definition) is 8. The predicted octanol–water partition coefficient (Wildman–Crippen LogP) is 2.55. The number of hydrogen-bond donors (Lipinski definition) is 4. The average Bonchev–Trinajstić information content (AvgIpc) is 3.16. The fraction of sp³-hybridized carbons (Fsp3) is 0.500. The van der Waals surface area contributed by atoms with Gasteiger partial charge in [0.2, 0.25) is 0 Å². The van der Waals surface area contributed by atoms with Crippen LogP contribution in [-0.4, -0.2) is 42.2 Å². The number of halogens is 2. The lowest BCUT2D eigenvalue weighted by atomic mass is 9.84. The number of rotatable bonds is 9. The van der Waals surface area contributed by atoms with Crippen LogP contribution in [0.4, 0.5) is 10.2 Å². The van der Waals surface area contributed by atoms with Gasteiger partial charge < -0.3 is 10.5 Å². The Morgan fingerprint density at radius 3 is 2.90 bits per heavy atom. The van der Waals surface area contributed by atoms with E-state index in [1.54, 1.807) is 12.1 Å². The van der Waals surface area contributed by atoms with Crippen molar-refractivity contribution >= 4 is 37.7 Å². The first-order valence-electron chi connectivity index (χ1n) is 9.77. The number of benzene rings is 1. The Hall–Kier alpha value is -2.09. The van der Waals surface area contributed by atoms with E-state index in [1.807, 2.05) is 0 Å². The Labute approximate surface area is 187 Å². The number of anilines is 1. The molecule has 1 heterocycles. The van der Waals surface area contributed by atoms with E-state index >= 15 is 0 Å². The summed E-state index contributed by atoms with van der Waals surface area (Å²) in [5.74, 6) is 0.274. The molecule has 1 saturated carbocycles. The topological polar surface area (TPSA) is 156 Å². The maximum Gasteiger partial charge on any atom is 0.274 e. The van der Waals surface area contributed by atoms with E-state index in [0.717, 1.165) is 25.7 Å². The van der Waals surface area contributed by atoms with Gasteiger partial charge in [0.05, 0.1) is 4.47 Å². The molecule has 170 valence electrons. The zero-order valence-corrected chi connectivity index (χ0v) is 19.0. The highest BCUT2D eigenvalue weighted by Crippen LogP contribution is 2.27. The number of oxime groups is 1. The van der Waals surface area contributed by atoms with Crippen LogP contribution in [0.1, 0.15) is 43.4 Å². The minimum Gasteiger partial charge on any atom is -0.411 e. The summed E-state index contributed by atoms with van der Waals surface area (Å²) in [5, 5.41) is 28.6. The third-order valence-corrected chi connectivity index (χ3v) is 6.47. The van der Waals surface area contributed by atoms with Gasteiger partial charge in [-0.3, -0.25) is 0 Å². The second-order valence-electron chi connectivity index (χ2n) is 7.54. The van der Waals surface area contributed by atoms with Crippen LogP contribution in [-0.2, 0) is 16.6 Å². The zero-order chi connectivity index (χ0) is 22.4. The summed E-state index contributed by atoms with van der Waals surface area (Å²) in [6.45, 7) is 0.550. The van der Waals surface area contributed by atoms with Crippen LogP contribution >= 0.6 is 15.9 Å². The molecule has 2 aromatic rings. The van der Waals surface area contributed by atoms with Crippen LogP contribution in [0.15, 0.2) is 32.5 Å². The minimum absolute atomic E-state index is 0.152. The Balaban J connectivity index is 1.56. The summed E-state index contributed by atoms with van der Waals surface area (Å²) in [5.41, 5.74) is 1.20. The number of aromatic nitrogens is 2. The second kappa shape index (κ2) is 10.5. The van der Waals surface area contributed by atoms with E-state index in [2.05, 4.69) is 41.4 Å². The van der Waals surface area contributed by atoms with Gasteiger partial charge in [0, 0.05) is 19.0 Å². The Morgan fingerprint density at radius 1 is 1.39 bits per heavy atom. The summed E-state index contributed by atoms with van der Waals surface area (Å²) >= 11 is 3.13. The fourth-order valence-electron chi connectivity index (χ4n) is 3.79. The van der Waals surface area contributed by atoms with Gasteiger partial charge in [-0.1, -0.05) is 24.1 Å². The molecular weight excluding hydrogens is 495 g/mol. The lowest BCUT2D eigenvalue weighted by Gasteiger charge is -2.29. The van der Waals surface area contributed by atoms with Gasteiger partial charge in [0.1, 0.15) is 11.5 Å². The maximum absolute atomic E-state index is 13.4. The lowest BCUT2D eigenvalue weighted by Crippen LogP contribution is -2.42. The molecule has 1 fully saturated rings. The van der Waals surface area contributed by atoms with Gasteiger partial charge in [0.25, 0.3) is 10.2 Å². The van der Waals surface area contributed by atoms with Crippen LogP contribution in [0.25, 0.3) is 0 Å². The zero-order valence-electron chi connectivity index (χ0n) is 16.6. The molecule has 1 aromatic heterocycles. The molecular formula is C18H24BrFN6O4S. The molecule has 0 saturated heterocycles. The maximum atomic E-state index is 13.4. The first-order chi connectivity index (χ1) is 14.7. The smallest absolute Gasteiger partial charge is 0.274 e. The number of nitrogens with two attached hydrogens (primary N) is 1. The van der Waals surface area contributed by atoms with E-state index in [-0.39, 0.29) is 29.7 Å². The quantitative estimate of drug-likeness (QED) is 0.225. The Kier molecular flexibility index (Phi) is 7.97. The van der Waals surface area contributed by atoms with Gasteiger partial charge in [-0.05, 0) is 69.1 Å². The summed E-state index contributed by atoms with van der Waals surface area (Å²) < 4.78 is 43.5. The van der Waals surface area contributed by atoms with Crippen molar-refractivity contribution in [3.05, 3.63) is 39.7 Å². The standard InChI is InChI=1S/C18H24BrFN6O4S/c19-14-9-12(4-5-15(14)20)10-16(23-27)17-18(25-30-24-17)22-7-6-11-2-1-3-13(8-11)26-31(21,28)29/h4-5,9,11,13,26-27H,1-3,6-8,10H2,(H,22,25)(H2,21,28,29). The molecule has 1 aliphatic carbocycles. The van der Waals surface area contributed by atoms with Crippen molar-refractivity contribution < 1.29 is 22.6 Å². The molecule has 1 aliphatic rings. The molecule has 10 nitrogen and oxygen atoms in total. The number of nitrogens with zero attached hydrogens (tertiary/aromatic N) is 3. The van der Waals surface area contributed by atoms with Gasteiger partial charge in [-0.25, -0.2) is 14.2 Å². The minimum atomic E-state index is -3.71. The van der Waals surface area contributed by atoms with E-state index in [0.29, 0.717) is 34.7 Å². The molecule has 2 atom stereocenters. The molecule has 31 heavy (non-hydrogen) atoms. The highest BCUT2D eigenvalue weighted by atomic mass is 79.9. The molecule has 3 rings (SSSR count). The average molecular weight is 519 g/mol. The number of nitrogens with one attached hydrogen (secondary N) is 2. The molecule has 13 heteroatoms. The fourth-order valence-corrected chi connectivity index (χ4v) is 4.90. The molecule has 0 radical (unpaired) electrons. The van der Waals surface area contributed by atoms with Crippen LogP contribution in [0.5, 0.6) is 0 Å². The van der Waals surface area contributed by atoms with E-state index in [9.17, 15) is 18.0 Å². The van der Waals surface area contributed by atoms with Crippen molar-refractivity contribution in [1.29, 1.82) is 0 Å². The summed E-state index contributed by atoms with van der Waals surface area (Å²) in [6.07, 6.45) is 4.38. The van der Waals surface area contributed by atoms with Crippen molar-refractivity contribution in [3.8, 4) is 0 Å². The monoisotopic (exact) mass is 518 g/mol. The van der Waals surface area contributed by atoms with Crippen molar-refractivity contribution in [2.45, 2.75) is 44.6 Å². The van der Waals surface area contributed by atoms with Crippen LogP contribution in [0, 0.1) is 11.7 Å². The third kappa shape index (κ3) is 6.95. The van der Waals surface area contributed by atoms with Crippen LogP contribution in [0.3, 0.4) is 0 Å². The molecule has 1 aromatic carbocycles. The highest BCUT2D eigenvalue weighted by molar-refractivity contribution is 9.10. The summed E-state index contributed by atoms with van der Waals surface area (Å²) in [6, 6.07) is 4.34. The van der Waals surface area contributed by atoms with Crippen LogP contribution < -0.4 is 15.2 Å². The molecule has 0 aliphatic heterocycles. The van der Waals surface area contributed by atoms with Crippen molar-refractivity contribution in [3.63, 3.8) is 0 Å². The molecule has 5 N–H and O–H groups in total. The van der Waals surface area contributed by atoms with Gasteiger partial charge in [-0.2, -0.15) is 13.1 Å². The Morgan fingerprint density at radius 2 is 2.19 bits per heavy atom. The first kappa shape index (κ1) is 23.6. The normalized spacial score (nSPS) is 20.0. The second-order valence-corrected chi connectivity index (χ2v) is 9.72. The van der Waals surface area contributed by atoms with Crippen molar-refractivity contribution in [1.82, 2.24) is 15.0 Å². The van der Waals surface area contributed by atoms with Gasteiger partial charge in [0.15, 0.2) is 11.5 Å². The predicted molar refractivity (Wildman–Crippen MR) is 116 cm³/mol. The molecule has 0 amide bonds. The Bertz CT molecular complexity index is 1030. The third-order valence-electron chi connectivity index (χ3n) is 5.20. The SMILES string of the molecule is NS(=O)(=O)NC1CCCC(CCNc2nonc2C(Cc2ccc(F)c(Br)c2)=NO)C1. The van der Waals surface area contributed by atoms with Gasteiger partial charge in [-0.15, -0.1) is 0 Å². The molecule has 0 bridgehead atoms. The first-order valence-corrected chi connectivity index (χ1v) is 12.1. The van der Waals surface area contributed by atoms with E-state index in [1.165, 1.54) is 6.07 Å². The van der Waals surface area contributed by atoms with Crippen molar-refractivity contribution in [2.24, 2.45) is 16.2 Å². The largest absolute Gasteiger partial charge is 0.411 e. The van der Waals surface area contributed by atoms with Crippen molar-refractivity contribution in [2.75, 3.05) is 11.9 Å². The van der Waals surface area contributed by atoms with E-state index in [4.69, 9.17) is 9.77 Å². The van der Waals surface area contributed by atoms with E-state index < -0.39 is 10.2 Å². The highest BCUT2D eigenvalue weighted by Gasteiger charge is 2.24. The summed E-state index contributed by atoms with van der Waals surface area (Å²) in [4.78, 5) is 0. The summed E-state index contributed by atoms with van der Waals surface area (Å²) in [7, 11) is -3.71. The van der Waals surface area contributed by atoms with Crippen LogP contribution in [0.2, 0.25) is 0 Å². The van der Waals surface area contributed by atoms with Gasteiger partial charge >= 0.3 is 0 Å². The lowest BCUT2D eigenvalue weighted by molar-refractivity contribution is 0.297.